The summed E-state index contributed by atoms with van der Waals surface area (Å²) in [6.07, 6.45) is 6.75. The lowest BCUT2D eigenvalue weighted by atomic mass is 9.82. The Labute approximate surface area is 167 Å². The number of ether oxygens (including phenoxy) is 1. The minimum atomic E-state index is -0.196. The molecule has 0 radical (unpaired) electrons. The van der Waals surface area contributed by atoms with Crippen molar-refractivity contribution in [1.82, 2.24) is 9.88 Å². The van der Waals surface area contributed by atoms with E-state index >= 15 is 0 Å². The highest BCUT2D eigenvalue weighted by molar-refractivity contribution is 5.84. The highest BCUT2D eigenvalue weighted by atomic mass is 16.6. The van der Waals surface area contributed by atoms with Crippen LogP contribution < -0.4 is 0 Å². The van der Waals surface area contributed by atoms with Crippen LogP contribution >= 0.6 is 0 Å². The van der Waals surface area contributed by atoms with Crippen LogP contribution in [0.2, 0.25) is 0 Å². The summed E-state index contributed by atoms with van der Waals surface area (Å²) in [5, 5.41) is 0. The summed E-state index contributed by atoms with van der Waals surface area (Å²) in [5.74, 6) is 0. The molecule has 2 aromatic rings. The van der Waals surface area contributed by atoms with E-state index in [4.69, 9.17) is 9.72 Å². The van der Waals surface area contributed by atoms with E-state index in [0.29, 0.717) is 19.7 Å². The van der Waals surface area contributed by atoms with Gasteiger partial charge < -0.3 is 9.64 Å². The number of pyridine rings is 1. The van der Waals surface area contributed by atoms with Gasteiger partial charge >= 0.3 is 6.09 Å². The molecule has 0 saturated carbocycles. The van der Waals surface area contributed by atoms with E-state index < -0.39 is 0 Å². The van der Waals surface area contributed by atoms with E-state index in [2.05, 4.69) is 31.2 Å². The number of likely N-dealkylation sites (tertiary alicyclic amines) is 1. The maximum atomic E-state index is 12.1. The Morgan fingerprint density at radius 3 is 2.68 bits per heavy atom. The molecule has 146 valence electrons. The Morgan fingerprint density at radius 1 is 1.11 bits per heavy atom. The second-order valence-electron chi connectivity index (χ2n) is 7.69. The van der Waals surface area contributed by atoms with Gasteiger partial charge in [0.05, 0.1) is 12.3 Å². The molecule has 0 N–H and O–H groups in total. The molecule has 1 aliphatic heterocycles. The third-order valence-corrected chi connectivity index (χ3v) is 5.80. The van der Waals surface area contributed by atoms with Gasteiger partial charge in [-0.15, -0.1) is 0 Å². The molecule has 0 atom stereocenters. The molecular formula is C24H28N2O2. The minimum absolute atomic E-state index is 0.196. The number of carbonyl (C=O) groups is 1. The number of aryl methyl sites for hydroxylation is 3. The van der Waals surface area contributed by atoms with Crippen LogP contribution in [0.15, 0.2) is 42.1 Å². The number of benzene rings is 1. The molecule has 1 aliphatic carbocycles. The van der Waals surface area contributed by atoms with E-state index in [0.717, 1.165) is 37.8 Å². The summed E-state index contributed by atoms with van der Waals surface area (Å²) < 4.78 is 5.18. The van der Waals surface area contributed by atoms with Crippen LogP contribution in [0.5, 0.6) is 0 Å². The first kappa shape index (κ1) is 18.7. The SMILES string of the molecule is CCOC(=O)N1CCC(=C2c3ccc(C)cc3CCCc3cccnc32)CC1. The second kappa shape index (κ2) is 8.17. The lowest BCUT2D eigenvalue weighted by Gasteiger charge is -2.30. The van der Waals surface area contributed by atoms with E-state index in [1.165, 1.54) is 33.4 Å². The van der Waals surface area contributed by atoms with Crippen molar-refractivity contribution in [3.8, 4) is 0 Å². The summed E-state index contributed by atoms with van der Waals surface area (Å²) in [6, 6.07) is 11.1. The van der Waals surface area contributed by atoms with Gasteiger partial charge in [0.15, 0.2) is 0 Å². The lowest BCUT2D eigenvalue weighted by Crippen LogP contribution is -2.37. The predicted molar refractivity (Wildman–Crippen MR) is 111 cm³/mol. The molecule has 1 fully saturated rings. The van der Waals surface area contributed by atoms with Crippen molar-refractivity contribution in [2.75, 3.05) is 19.7 Å². The quantitative estimate of drug-likeness (QED) is 0.708. The number of aromatic nitrogens is 1. The monoisotopic (exact) mass is 376 g/mol. The fraction of sp³-hybridized carbons (Fsp3) is 0.417. The van der Waals surface area contributed by atoms with Crippen molar-refractivity contribution in [3.05, 3.63) is 70.0 Å². The van der Waals surface area contributed by atoms with Gasteiger partial charge in [-0.05, 0) is 68.7 Å². The van der Waals surface area contributed by atoms with Gasteiger partial charge in [-0.25, -0.2) is 4.79 Å². The Balaban J connectivity index is 1.77. The third-order valence-electron chi connectivity index (χ3n) is 5.80. The summed E-state index contributed by atoms with van der Waals surface area (Å²) in [5.41, 5.74) is 9.23. The molecule has 1 saturated heterocycles. The van der Waals surface area contributed by atoms with Crippen molar-refractivity contribution >= 4 is 11.7 Å². The zero-order chi connectivity index (χ0) is 19.5. The molecule has 28 heavy (non-hydrogen) atoms. The van der Waals surface area contributed by atoms with Gasteiger partial charge in [-0.1, -0.05) is 35.4 Å². The summed E-state index contributed by atoms with van der Waals surface area (Å²) >= 11 is 0. The highest BCUT2D eigenvalue weighted by Crippen LogP contribution is 2.37. The van der Waals surface area contributed by atoms with Gasteiger partial charge in [-0.3, -0.25) is 4.98 Å². The predicted octanol–water partition coefficient (Wildman–Crippen LogP) is 4.93. The molecule has 1 amide bonds. The average Bonchev–Trinajstić information content (AvgIpc) is 2.70. The number of fused-ring (bicyclic) bond motifs is 2. The summed E-state index contributed by atoms with van der Waals surface area (Å²) in [7, 11) is 0. The van der Waals surface area contributed by atoms with Crippen LogP contribution in [-0.2, 0) is 17.6 Å². The highest BCUT2D eigenvalue weighted by Gasteiger charge is 2.26. The number of nitrogens with zero attached hydrogens (tertiary/aromatic N) is 2. The second-order valence-corrected chi connectivity index (χ2v) is 7.69. The Morgan fingerprint density at radius 2 is 1.89 bits per heavy atom. The summed E-state index contributed by atoms with van der Waals surface area (Å²) in [4.78, 5) is 18.7. The van der Waals surface area contributed by atoms with Crippen molar-refractivity contribution in [2.24, 2.45) is 0 Å². The van der Waals surface area contributed by atoms with Crippen molar-refractivity contribution < 1.29 is 9.53 Å². The Bertz CT molecular complexity index is 907. The smallest absolute Gasteiger partial charge is 0.409 e. The molecule has 4 rings (SSSR count). The first-order chi connectivity index (χ1) is 13.7. The third kappa shape index (κ3) is 3.68. The van der Waals surface area contributed by atoms with Crippen LogP contribution in [0.4, 0.5) is 4.79 Å². The minimum Gasteiger partial charge on any atom is -0.450 e. The molecule has 2 heterocycles. The van der Waals surface area contributed by atoms with Crippen molar-refractivity contribution in [1.29, 1.82) is 0 Å². The maximum Gasteiger partial charge on any atom is 0.409 e. The summed E-state index contributed by atoms with van der Waals surface area (Å²) in [6.45, 7) is 5.86. The van der Waals surface area contributed by atoms with E-state index in [-0.39, 0.29) is 6.09 Å². The van der Waals surface area contributed by atoms with Crippen LogP contribution in [0.1, 0.15) is 54.1 Å². The fourth-order valence-corrected chi connectivity index (χ4v) is 4.42. The molecule has 0 bridgehead atoms. The fourth-order valence-electron chi connectivity index (χ4n) is 4.42. The van der Waals surface area contributed by atoms with E-state index in [1.54, 1.807) is 0 Å². The molecule has 1 aromatic heterocycles. The number of hydrogen-bond donors (Lipinski definition) is 0. The molecule has 4 nitrogen and oxygen atoms in total. The topological polar surface area (TPSA) is 42.4 Å². The standard InChI is InChI=1S/C24H28N2O2/c1-3-28-24(27)26-14-11-18(12-15-26)22-21-10-9-17(2)16-20(21)7-4-6-19-8-5-13-25-23(19)22/h5,8-10,13,16H,3-4,6-7,11-12,14-15H2,1-2H3. The van der Waals surface area contributed by atoms with Crippen LogP contribution in [0, 0.1) is 6.92 Å². The first-order valence-corrected chi connectivity index (χ1v) is 10.3. The molecule has 4 heteroatoms. The number of hydrogen-bond acceptors (Lipinski definition) is 3. The first-order valence-electron chi connectivity index (χ1n) is 10.3. The van der Waals surface area contributed by atoms with E-state index in [9.17, 15) is 4.79 Å². The van der Waals surface area contributed by atoms with Crippen LogP contribution in [0.25, 0.3) is 5.57 Å². The largest absolute Gasteiger partial charge is 0.450 e. The molecule has 0 spiro atoms. The zero-order valence-corrected chi connectivity index (χ0v) is 16.8. The maximum absolute atomic E-state index is 12.1. The number of piperidine rings is 1. The molecule has 0 unspecified atom stereocenters. The van der Waals surface area contributed by atoms with Gasteiger partial charge in [-0.2, -0.15) is 0 Å². The normalized spacial score (nSPS) is 16.7. The Kier molecular flexibility index (Phi) is 5.47. The number of carbonyl (C=O) groups excluding carboxylic acids is 1. The van der Waals surface area contributed by atoms with Gasteiger partial charge in [0.2, 0.25) is 0 Å². The van der Waals surface area contributed by atoms with Crippen molar-refractivity contribution in [2.45, 2.75) is 46.0 Å². The Hall–Kier alpha value is -2.62. The number of amides is 1. The number of rotatable bonds is 1. The molecular weight excluding hydrogens is 348 g/mol. The van der Waals surface area contributed by atoms with Crippen molar-refractivity contribution in [3.63, 3.8) is 0 Å². The molecule has 2 aliphatic rings. The lowest BCUT2D eigenvalue weighted by molar-refractivity contribution is 0.104. The average molecular weight is 377 g/mol. The van der Waals surface area contributed by atoms with Gasteiger partial charge in [0.1, 0.15) is 0 Å². The molecule has 1 aromatic carbocycles. The van der Waals surface area contributed by atoms with Crippen LogP contribution in [0.3, 0.4) is 0 Å². The van der Waals surface area contributed by atoms with E-state index in [1.807, 2.05) is 24.1 Å². The zero-order valence-electron chi connectivity index (χ0n) is 16.8. The van der Waals surface area contributed by atoms with Gasteiger partial charge in [0.25, 0.3) is 0 Å². The van der Waals surface area contributed by atoms with Gasteiger partial charge in [0, 0.05) is 24.9 Å². The van der Waals surface area contributed by atoms with Crippen LogP contribution in [-0.4, -0.2) is 35.7 Å².